The summed E-state index contributed by atoms with van der Waals surface area (Å²) in [6.45, 7) is 0.705. The van der Waals surface area contributed by atoms with E-state index in [0.717, 1.165) is 11.8 Å². The third-order valence-corrected chi connectivity index (χ3v) is 6.82. The van der Waals surface area contributed by atoms with Gasteiger partial charge in [0.1, 0.15) is 10.9 Å². The number of benzene rings is 2. The summed E-state index contributed by atoms with van der Waals surface area (Å²) in [6, 6.07) is 13.9. The molecule has 170 valence electrons. The van der Waals surface area contributed by atoms with E-state index in [2.05, 4.69) is 5.32 Å². The standard InChI is InChI=1S/C23H20ClN3O4S2/c1-31-11-5-10-26-22(30)20(33-23(26)32)19-16-8-2-3-9-17(16)27(21(19)29)13-18(28)25-15-7-4-6-14(24)12-15/h2-4,6-9,12H,5,10-11,13H2,1H3,(H,25,28)/b20-19-. The van der Waals surface area contributed by atoms with Gasteiger partial charge in [0.15, 0.2) is 0 Å². The van der Waals surface area contributed by atoms with Crippen molar-refractivity contribution in [2.24, 2.45) is 0 Å². The monoisotopic (exact) mass is 501 g/mol. The second kappa shape index (κ2) is 10.0. The number of fused-ring (bicyclic) bond motifs is 1. The van der Waals surface area contributed by atoms with Crippen molar-refractivity contribution in [3.8, 4) is 0 Å². The third-order valence-electron chi connectivity index (χ3n) is 5.14. The highest BCUT2D eigenvalue weighted by Crippen LogP contribution is 2.44. The largest absolute Gasteiger partial charge is 0.385 e. The van der Waals surface area contributed by atoms with Crippen LogP contribution in [0.25, 0.3) is 5.57 Å². The Labute approximate surface area is 205 Å². The first-order valence-corrected chi connectivity index (χ1v) is 11.7. The molecule has 0 aromatic heterocycles. The van der Waals surface area contributed by atoms with E-state index < -0.39 is 5.91 Å². The van der Waals surface area contributed by atoms with Crippen molar-refractivity contribution in [1.29, 1.82) is 0 Å². The third kappa shape index (κ3) is 4.81. The molecule has 3 amide bonds. The lowest BCUT2D eigenvalue weighted by Crippen LogP contribution is -2.35. The van der Waals surface area contributed by atoms with Gasteiger partial charge in [-0.25, -0.2) is 0 Å². The number of nitrogens with zero attached hydrogens (tertiary/aromatic N) is 2. The zero-order chi connectivity index (χ0) is 23.5. The summed E-state index contributed by atoms with van der Waals surface area (Å²) in [5.41, 5.74) is 1.98. The molecule has 1 N–H and O–H groups in total. The van der Waals surface area contributed by atoms with Crippen molar-refractivity contribution < 1.29 is 19.1 Å². The molecule has 0 aliphatic carbocycles. The first-order chi connectivity index (χ1) is 15.9. The maximum atomic E-state index is 13.4. The van der Waals surface area contributed by atoms with Gasteiger partial charge in [-0.3, -0.25) is 24.2 Å². The van der Waals surface area contributed by atoms with Crippen LogP contribution in [-0.2, 0) is 19.1 Å². The number of halogens is 1. The van der Waals surface area contributed by atoms with E-state index in [0.29, 0.717) is 45.9 Å². The predicted octanol–water partition coefficient (Wildman–Crippen LogP) is 3.93. The van der Waals surface area contributed by atoms with E-state index in [9.17, 15) is 14.4 Å². The quantitative estimate of drug-likeness (QED) is 0.352. The average molecular weight is 502 g/mol. The van der Waals surface area contributed by atoms with Crippen LogP contribution in [0, 0.1) is 0 Å². The molecule has 0 bridgehead atoms. The van der Waals surface area contributed by atoms with Crippen LogP contribution in [-0.4, -0.2) is 53.7 Å². The van der Waals surface area contributed by atoms with Crippen LogP contribution in [0.2, 0.25) is 5.02 Å². The van der Waals surface area contributed by atoms with Crippen LogP contribution < -0.4 is 10.2 Å². The second-order valence-electron chi connectivity index (χ2n) is 7.34. The van der Waals surface area contributed by atoms with Crippen molar-refractivity contribution in [2.45, 2.75) is 6.42 Å². The summed E-state index contributed by atoms with van der Waals surface area (Å²) in [5.74, 6) is -1.09. The lowest BCUT2D eigenvalue weighted by molar-refractivity contribution is -0.122. The highest BCUT2D eigenvalue weighted by atomic mass is 35.5. The maximum absolute atomic E-state index is 13.4. The maximum Gasteiger partial charge on any atom is 0.267 e. The molecule has 0 saturated carbocycles. The average Bonchev–Trinajstić information content (AvgIpc) is 3.21. The SMILES string of the molecule is COCCCN1C(=O)/C(=C2/C(=O)N(CC(=O)Nc3cccc(Cl)c3)c3ccccc32)SC1=S. The lowest BCUT2D eigenvalue weighted by Gasteiger charge is -2.17. The molecule has 0 atom stereocenters. The van der Waals surface area contributed by atoms with E-state index in [1.807, 2.05) is 0 Å². The van der Waals surface area contributed by atoms with E-state index in [-0.39, 0.29) is 28.8 Å². The van der Waals surface area contributed by atoms with Crippen LogP contribution >= 0.6 is 35.6 Å². The number of carbonyl (C=O) groups excluding carboxylic acids is 3. The van der Waals surface area contributed by atoms with E-state index in [1.165, 1.54) is 9.80 Å². The lowest BCUT2D eigenvalue weighted by atomic mass is 10.1. The number of rotatable bonds is 7. The molecule has 10 heteroatoms. The Kier molecular flexibility index (Phi) is 7.14. The summed E-state index contributed by atoms with van der Waals surface area (Å²) >= 11 is 12.5. The second-order valence-corrected chi connectivity index (χ2v) is 9.42. The van der Waals surface area contributed by atoms with E-state index >= 15 is 0 Å². The molecule has 4 rings (SSSR count). The molecule has 2 heterocycles. The minimum Gasteiger partial charge on any atom is -0.385 e. The molecule has 1 saturated heterocycles. The molecule has 2 aliphatic rings. The molecule has 0 spiro atoms. The van der Waals surface area contributed by atoms with Gasteiger partial charge in [0.05, 0.1) is 16.2 Å². The van der Waals surface area contributed by atoms with Gasteiger partial charge in [-0.1, -0.05) is 59.8 Å². The van der Waals surface area contributed by atoms with Crippen molar-refractivity contribution in [1.82, 2.24) is 4.90 Å². The van der Waals surface area contributed by atoms with Crippen molar-refractivity contribution in [3.05, 3.63) is 64.0 Å². The zero-order valence-electron chi connectivity index (χ0n) is 17.7. The van der Waals surface area contributed by atoms with Crippen LogP contribution in [0.5, 0.6) is 0 Å². The molecule has 7 nitrogen and oxygen atoms in total. The van der Waals surface area contributed by atoms with Gasteiger partial charge in [0.25, 0.3) is 11.8 Å². The zero-order valence-corrected chi connectivity index (χ0v) is 20.1. The first kappa shape index (κ1) is 23.4. The highest BCUT2D eigenvalue weighted by Gasteiger charge is 2.42. The summed E-state index contributed by atoms with van der Waals surface area (Å²) in [4.78, 5) is 42.4. The Bertz CT molecular complexity index is 1180. The van der Waals surface area contributed by atoms with Crippen LogP contribution in [0.4, 0.5) is 11.4 Å². The molecular formula is C23H20ClN3O4S2. The number of anilines is 2. The molecule has 0 unspecified atom stereocenters. The van der Waals surface area contributed by atoms with Crippen molar-refractivity contribution in [3.63, 3.8) is 0 Å². The number of para-hydroxylation sites is 1. The van der Waals surface area contributed by atoms with E-state index in [4.69, 9.17) is 28.6 Å². The Hall–Kier alpha value is -2.72. The minimum atomic E-state index is -0.408. The Balaban J connectivity index is 1.60. The normalized spacial score (nSPS) is 17.7. The minimum absolute atomic E-state index is 0.208. The molecule has 2 aliphatic heterocycles. The van der Waals surface area contributed by atoms with Gasteiger partial charge in [0, 0.05) is 36.5 Å². The molecule has 2 aromatic rings. The summed E-state index contributed by atoms with van der Waals surface area (Å²) in [7, 11) is 1.59. The number of thioether (sulfide) groups is 1. The van der Waals surface area contributed by atoms with Crippen LogP contribution in [0.15, 0.2) is 53.4 Å². The summed E-state index contributed by atoms with van der Waals surface area (Å²) in [6.07, 6.45) is 0.631. The predicted molar refractivity (Wildman–Crippen MR) is 134 cm³/mol. The van der Waals surface area contributed by atoms with E-state index in [1.54, 1.807) is 55.6 Å². The number of amides is 3. The fourth-order valence-corrected chi connectivity index (χ4v) is 5.25. The van der Waals surface area contributed by atoms with Gasteiger partial charge >= 0.3 is 0 Å². The van der Waals surface area contributed by atoms with Gasteiger partial charge in [0.2, 0.25) is 5.91 Å². The number of hydrogen-bond acceptors (Lipinski definition) is 6. The number of nitrogens with one attached hydrogen (secondary N) is 1. The summed E-state index contributed by atoms with van der Waals surface area (Å²) in [5, 5.41) is 3.24. The number of ether oxygens (including phenoxy) is 1. The van der Waals surface area contributed by atoms with Gasteiger partial charge in [-0.15, -0.1) is 0 Å². The first-order valence-electron chi connectivity index (χ1n) is 10.1. The fourth-order valence-electron chi connectivity index (χ4n) is 3.68. The number of hydrogen-bond donors (Lipinski definition) is 1. The molecule has 2 aromatic carbocycles. The Morgan fingerprint density at radius 1 is 1.12 bits per heavy atom. The number of carbonyl (C=O) groups is 3. The highest BCUT2D eigenvalue weighted by molar-refractivity contribution is 8.26. The smallest absolute Gasteiger partial charge is 0.267 e. The molecule has 33 heavy (non-hydrogen) atoms. The van der Waals surface area contributed by atoms with Crippen LogP contribution in [0.3, 0.4) is 0 Å². The molecular weight excluding hydrogens is 482 g/mol. The summed E-state index contributed by atoms with van der Waals surface area (Å²) < 4.78 is 5.46. The number of thiocarbonyl (C=S) groups is 1. The van der Waals surface area contributed by atoms with Gasteiger partial charge in [-0.2, -0.15) is 0 Å². The number of methoxy groups -OCH3 is 1. The Morgan fingerprint density at radius 2 is 1.91 bits per heavy atom. The van der Waals surface area contributed by atoms with Crippen molar-refractivity contribution in [2.75, 3.05) is 37.0 Å². The topological polar surface area (TPSA) is 79.0 Å². The van der Waals surface area contributed by atoms with Crippen LogP contribution in [0.1, 0.15) is 12.0 Å². The molecule has 0 radical (unpaired) electrons. The van der Waals surface area contributed by atoms with Gasteiger partial charge in [-0.05, 0) is 30.7 Å². The Morgan fingerprint density at radius 3 is 2.67 bits per heavy atom. The fraction of sp³-hybridized carbons (Fsp3) is 0.217. The molecule has 1 fully saturated rings. The van der Waals surface area contributed by atoms with Gasteiger partial charge < -0.3 is 10.1 Å². The van der Waals surface area contributed by atoms with Crippen molar-refractivity contribution >= 4 is 74.6 Å².